The molecule has 2 aliphatic heterocycles. The molecule has 0 aromatic heterocycles. The Balaban J connectivity index is 2.21. The average molecular weight is 98.1 g/mol. The van der Waals surface area contributed by atoms with E-state index in [4.69, 9.17) is 0 Å². The first-order chi connectivity index (χ1) is 3.38. The number of hydrogen-bond donors (Lipinski definition) is 1. The van der Waals surface area contributed by atoms with Gasteiger partial charge < -0.3 is 10.2 Å². The Morgan fingerprint density at radius 2 is 2.71 bits per heavy atom. The maximum absolute atomic E-state index is 10.4. The Kier molecular flexibility index (Phi) is 0.356. The van der Waals surface area contributed by atoms with Crippen molar-refractivity contribution in [3.63, 3.8) is 0 Å². The number of carbonyl (C=O) groups excluding carboxylic acids is 1. The van der Waals surface area contributed by atoms with Gasteiger partial charge in [0.1, 0.15) is 0 Å². The lowest BCUT2D eigenvalue weighted by Crippen LogP contribution is -2.21. The second-order valence-corrected chi connectivity index (χ2v) is 1.99. The van der Waals surface area contributed by atoms with Crippen LogP contribution in [0.3, 0.4) is 0 Å². The van der Waals surface area contributed by atoms with E-state index in [1.807, 2.05) is 4.90 Å². The summed E-state index contributed by atoms with van der Waals surface area (Å²) in [6.45, 7) is 1.87. The third-order valence-electron chi connectivity index (χ3n) is 1.46. The standard InChI is InChI=1S/C4H6N2O/c7-4-5-1-3-2-6(3)4/h3H,1-2H2,(H,5,7). The Bertz CT molecular complexity index is 123. The molecule has 0 saturated carbocycles. The van der Waals surface area contributed by atoms with Gasteiger partial charge in [-0.2, -0.15) is 0 Å². The molecule has 0 bridgehead atoms. The maximum atomic E-state index is 10.4. The van der Waals surface area contributed by atoms with Crippen molar-refractivity contribution in [2.24, 2.45) is 0 Å². The van der Waals surface area contributed by atoms with Gasteiger partial charge >= 0.3 is 6.03 Å². The molecule has 2 fully saturated rings. The molecule has 2 aliphatic rings. The second-order valence-electron chi connectivity index (χ2n) is 1.99. The molecule has 1 unspecified atom stereocenters. The van der Waals surface area contributed by atoms with Crippen LogP contribution in [0.15, 0.2) is 0 Å². The number of nitrogens with zero attached hydrogens (tertiary/aromatic N) is 1. The average Bonchev–Trinajstić information content (AvgIpc) is 2.33. The lowest BCUT2D eigenvalue weighted by atomic mass is 10.5. The highest BCUT2D eigenvalue weighted by atomic mass is 16.2. The van der Waals surface area contributed by atoms with Crippen molar-refractivity contribution < 1.29 is 4.79 Å². The van der Waals surface area contributed by atoms with E-state index in [9.17, 15) is 4.79 Å². The fourth-order valence-corrected chi connectivity index (χ4v) is 0.910. The highest BCUT2D eigenvalue weighted by Gasteiger charge is 2.43. The van der Waals surface area contributed by atoms with Crippen LogP contribution in [0.2, 0.25) is 0 Å². The third kappa shape index (κ3) is 0.277. The van der Waals surface area contributed by atoms with Crippen molar-refractivity contribution in [3.05, 3.63) is 0 Å². The van der Waals surface area contributed by atoms with E-state index in [-0.39, 0.29) is 6.03 Å². The lowest BCUT2D eigenvalue weighted by Gasteiger charge is -1.89. The van der Waals surface area contributed by atoms with E-state index in [1.54, 1.807) is 0 Å². The fraction of sp³-hybridized carbons (Fsp3) is 0.750. The topological polar surface area (TPSA) is 32.1 Å². The maximum Gasteiger partial charge on any atom is 0.317 e. The quantitative estimate of drug-likeness (QED) is 0.403. The molecule has 0 spiro atoms. The second kappa shape index (κ2) is 0.757. The van der Waals surface area contributed by atoms with Crippen LogP contribution >= 0.6 is 0 Å². The molecule has 0 radical (unpaired) electrons. The molecule has 1 atom stereocenters. The molecule has 2 heterocycles. The van der Waals surface area contributed by atoms with Crippen molar-refractivity contribution in [1.82, 2.24) is 10.2 Å². The van der Waals surface area contributed by atoms with Crippen molar-refractivity contribution in [3.8, 4) is 0 Å². The summed E-state index contributed by atoms with van der Waals surface area (Å²) in [5.41, 5.74) is 0. The predicted octanol–water partition coefficient (Wildman–Crippen LogP) is -0.606. The Labute approximate surface area is 41.3 Å². The molecule has 3 nitrogen and oxygen atoms in total. The Hall–Kier alpha value is -0.730. The minimum Gasteiger partial charge on any atom is -0.336 e. The zero-order chi connectivity index (χ0) is 4.85. The molecule has 3 heteroatoms. The zero-order valence-electron chi connectivity index (χ0n) is 3.85. The third-order valence-corrected chi connectivity index (χ3v) is 1.46. The van der Waals surface area contributed by atoms with E-state index in [1.165, 1.54) is 0 Å². The van der Waals surface area contributed by atoms with E-state index in [0.717, 1.165) is 13.1 Å². The first-order valence-electron chi connectivity index (χ1n) is 2.42. The minimum absolute atomic E-state index is 0.116. The van der Waals surface area contributed by atoms with Gasteiger partial charge in [0.05, 0.1) is 6.04 Å². The van der Waals surface area contributed by atoms with Crippen LogP contribution in [0.5, 0.6) is 0 Å². The van der Waals surface area contributed by atoms with Gasteiger partial charge in [-0.1, -0.05) is 0 Å². The molecular formula is C4H6N2O. The molecular weight excluding hydrogens is 92.1 g/mol. The molecule has 0 aliphatic carbocycles. The normalized spacial score (nSPS) is 35.1. The van der Waals surface area contributed by atoms with Crippen LogP contribution in [-0.2, 0) is 0 Å². The van der Waals surface area contributed by atoms with Crippen LogP contribution in [0, 0.1) is 0 Å². The summed E-state index contributed by atoms with van der Waals surface area (Å²) < 4.78 is 0. The number of urea groups is 1. The summed E-state index contributed by atoms with van der Waals surface area (Å²) in [4.78, 5) is 12.2. The Morgan fingerprint density at radius 3 is 2.86 bits per heavy atom. The first-order valence-corrected chi connectivity index (χ1v) is 2.42. The van der Waals surface area contributed by atoms with Crippen molar-refractivity contribution >= 4 is 6.03 Å². The van der Waals surface area contributed by atoms with Gasteiger partial charge in [0.15, 0.2) is 0 Å². The molecule has 0 aromatic rings. The number of rotatable bonds is 0. The van der Waals surface area contributed by atoms with Gasteiger partial charge in [-0.25, -0.2) is 4.79 Å². The summed E-state index contributed by atoms with van der Waals surface area (Å²) in [5.74, 6) is 0. The highest BCUT2D eigenvalue weighted by Crippen LogP contribution is 2.20. The number of fused-ring (bicyclic) bond motifs is 1. The van der Waals surface area contributed by atoms with Crippen LogP contribution < -0.4 is 5.32 Å². The van der Waals surface area contributed by atoms with Gasteiger partial charge in [-0.3, -0.25) is 0 Å². The van der Waals surface area contributed by atoms with Crippen molar-refractivity contribution in [1.29, 1.82) is 0 Å². The molecule has 2 saturated heterocycles. The predicted molar refractivity (Wildman–Crippen MR) is 23.9 cm³/mol. The molecule has 7 heavy (non-hydrogen) atoms. The van der Waals surface area contributed by atoms with Crippen molar-refractivity contribution in [2.75, 3.05) is 13.1 Å². The van der Waals surface area contributed by atoms with Crippen LogP contribution in [-0.4, -0.2) is 30.1 Å². The number of amides is 2. The van der Waals surface area contributed by atoms with Crippen LogP contribution in [0.25, 0.3) is 0 Å². The number of carbonyl (C=O) groups is 1. The van der Waals surface area contributed by atoms with Gasteiger partial charge in [0, 0.05) is 13.1 Å². The molecule has 1 N–H and O–H groups in total. The van der Waals surface area contributed by atoms with Crippen LogP contribution in [0.4, 0.5) is 4.79 Å². The van der Waals surface area contributed by atoms with Gasteiger partial charge in [0.2, 0.25) is 0 Å². The first kappa shape index (κ1) is 3.29. The summed E-state index contributed by atoms with van der Waals surface area (Å²) in [7, 11) is 0. The monoisotopic (exact) mass is 98.0 g/mol. The Morgan fingerprint density at radius 1 is 1.86 bits per heavy atom. The smallest absolute Gasteiger partial charge is 0.317 e. The SMILES string of the molecule is O=C1NCC2CN12. The lowest BCUT2D eigenvalue weighted by molar-refractivity contribution is 0.236. The largest absolute Gasteiger partial charge is 0.336 e. The van der Waals surface area contributed by atoms with Crippen LogP contribution in [0.1, 0.15) is 0 Å². The number of hydrogen-bond acceptors (Lipinski definition) is 1. The summed E-state index contributed by atoms with van der Waals surface area (Å²) >= 11 is 0. The fourth-order valence-electron chi connectivity index (χ4n) is 0.910. The highest BCUT2D eigenvalue weighted by molar-refractivity contribution is 5.80. The molecule has 2 rings (SSSR count). The van der Waals surface area contributed by atoms with E-state index < -0.39 is 0 Å². The van der Waals surface area contributed by atoms with Gasteiger partial charge in [0.25, 0.3) is 0 Å². The summed E-state index contributed by atoms with van der Waals surface area (Å²) in [6.07, 6.45) is 0. The van der Waals surface area contributed by atoms with E-state index in [2.05, 4.69) is 5.32 Å². The summed E-state index contributed by atoms with van der Waals surface area (Å²) in [6, 6.07) is 0.678. The van der Waals surface area contributed by atoms with E-state index in [0.29, 0.717) is 6.04 Å². The molecule has 0 aromatic carbocycles. The molecule has 2 amide bonds. The zero-order valence-corrected chi connectivity index (χ0v) is 3.85. The van der Waals surface area contributed by atoms with Gasteiger partial charge in [-0.15, -0.1) is 0 Å². The van der Waals surface area contributed by atoms with E-state index >= 15 is 0 Å². The number of nitrogens with one attached hydrogen (secondary N) is 1. The summed E-state index contributed by atoms with van der Waals surface area (Å²) in [5, 5.41) is 2.71. The van der Waals surface area contributed by atoms with Crippen molar-refractivity contribution in [2.45, 2.75) is 6.04 Å². The van der Waals surface area contributed by atoms with Gasteiger partial charge in [-0.05, 0) is 0 Å². The molecule has 38 valence electrons. The minimum atomic E-state index is 0.116.